The van der Waals surface area contributed by atoms with Crippen LogP contribution in [-0.4, -0.2) is 49.7 Å². The zero-order valence-corrected chi connectivity index (χ0v) is 25.5. The SMILES string of the molecule is CCC(=O)OC(Cc1ccccc1)(c1ccccc1)C(C)CN(C)C.COc1ccc2cc(C(C)C(=O)O)ccc2c1. The number of carboxylic acids is 1. The molecule has 0 saturated heterocycles. The molecular weight excluding hydrogens is 526 g/mol. The van der Waals surface area contributed by atoms with Crippen molar-refractivity contribution in [2.45, 2.75) is 45.1 Å². The highest BCUT2D eigenvalue weighted by atomic mass is 16.6. The highest BCUT2D eigenvalue weighted by Crippen LogP contribution is 2.38. The van der Waals surface area contributed by atoms with Gasteiger partial charge in [0.25, 0.3) is 0 Å². The number of carbonyl (C=O) groups is 2. The predicted octanol–water partition coefficient (Wildman–Crippen LogP) is 7.31. The van der Waals surface area contributed by atoms with Gasteiger partial charge < -0.3 is 19.5 Å². The van der Waals surface area contributed by atoms with Gasteiger partial charge in [0, 0.05) is 25.3 Å². The van der Waals surface area contributed by atoms with Crippen LogP contribution in [0.4, 0.5) is 0 Å². The Balaban J connectivity index is 0.000000247. The molecule has 222 valence electrons. The Labute approximate surface area is 249 Å². The third-order valence-corrected chi connectivity index (χ3v) is 7.53. The minimum Gasteiger partial charge on any atom is -0.497 e. The summed E-state index contributed by atoms with van der Waals surface area (Å²) in [5, 5.41) is 11.0. The maximum absolute atomic E-state index is 12.3. The number of ether oxygens (including phenoxy) is 2. The van der Waals surface area contributed by atoms with Gasteiger partial charge in [0.1, 0.15) is 11.4 Å². The Bertz CT molecular complexity index is 1440. The number of hydrogen-bond acceptors (Lipinski definition) is 5. The van der Waals surface area contributed by atoms with Crippen molar-refractivity contribution >= 4 is 22.7 Å². The Morgan fingerprint density at radius 1 is 0.857 bits per heavy atom. The second-order valence-electron chi connectivity index (χ2n) is 10.9. The molecule has 0 aliphatic carbocycles. The number of hydrogen-bond donors (Lipinski definition) is 1. The Hall–Kier alpha value is -4.16. The number of methoxy groups -OCH3 is 1. The first-order chi connectivity index (χ1) is 20.1. The van der Waals surface area contributed by atoms with Gasteiger partial charge in [0.05, 0.1) is 13.0 Å². The van der Waals surface area contributed by atoms with Crippen LogP contribution in [0.2, 0.25) is 0 Å². The van der Waals surface area contributed by atoms with E-state index in [4.69, 9.17) is 14.6 Å². The molecule has 3 atom stereocenters. The first-order valence-corrected chi connectivity index (χ1v) is 14.4. The van der Waals surface area contributed by atoms with Crippen molar-refractivity contribution in [1.82, 2.24) is 4.90 Å². The van der Waals surface area contributed by atoms with Gasteiger partial charge >= 0.3 is 11.9 Å². The molecular formula is C36H43NO5. The molecule has 6 heteroatoms. The molecule has 0 aliphatic heterocycles. The Kier molecular flexibility index (Phi) is 11.7. The fraction of sp³-hybridized carbons (Fsp3) is 0.333. The van der Waals surface area contributed by atoms with Crippen LogP contribution < -0.4 is 4.74 Å². The van der Waals surface area contributed by atoms with E-state index >= 15 is 0 Å². The average molecular weight is 570 g/mol. The fourth-order valence-electron chi connectivity index (χ4n) is 5.13. The van der Waals surface area contributed by atoms with Crippen molar-refractivity contribution < 1.29 is 24.2 Å². The van der Waals surface area contributed by atoms with Gasteiger partial charge in [-0.25, -0.2) is 0 Å². The lowest BCUT2D eigenvalue weighted by Crippen LogP contribution is -2.44. The molecule has 4 aromatic carbocycles. The van der Waals surface area contributed by atoms with Crippen molar-refractivity contribution in [3.63, 3.8) is 0 Å². The fourth-order valence-corrected chi connectivity index (χ4v) is 5.13. The zero-order chi connectivity index (χ0) is 30.7. The second-order valence-corrected chi connectivity index (χ2v) is 10.9. The summed E-state index contributed by atoms with van der Waals surface area (Å²) in [7, 11) is 5.73. The molecule has 0 bridgehead atoms. The molecule has 4 aromatic rings. The molecule has 0 fully saturated rings. The topological polar surface area (TPSA) is 76.1 Å². The first-order valence-electron chi connectivity index (χ1n) is 14.4. The third-order valence-electron chi connectivity index (χ3n) is 7.53. The molecule has 0 spiro atoms. The summed E-state index contributed by atoms with van der Waals surface area (Å²) in [6.45, 7) is 6.53. The molecule has 42 heavy (non-hydrogen) atoms. The summed E-state index contributed by atoms with van der Waals surface area (Å²) >= 11 is 0. The highest BCUT2D eigenvalue weighted by Gasteiger charge is 2.42. The number of aliphatic carboxylic acids is 1. The molecule has 0 aromatic heterocycles. The van der Waals surface area contributed by atoms with Crippen LogP contribution in [-0.2, 0) is 26.3 Å². The quantitative estimate of drug-likeness (QED) is 0.191. The van der Waals surface area contributed by atoms with Crippen molar-refractivity contribution in [2.24, 2.45) is 5.92 Å². The van der Waals surface area contributed by atoms with Gasteiger partial charge in [0.2, 0.25) is 0 Å². The number of carbonyl (C=O) groups excluding carboxylic acids is 1. The minimum atomic E-state index is -0.808. The zero-order valence-electron chi connectivity index (χ0n) is 25.5. The van der Waals surface area contributed by atoms with Gasteiger partial charge in [-0.3, -0.25) is 9.59 Å². The van der Waals surface area contributed by atoms with Crippen LogP contribution in [0.3, 0.4) is 0 Å². The van der Waals surface area contributed by atoms with Crippen LogP contribution in [0.25, 0.3) is 10.8 Å². The maximum atomic E-state index is 12.3. The molecule has 0 amide bonds. The number of fused-ring (bicyclic) bond motifs is 1. The average Bonchev–Trinajstić information content (AvgIpc) is 3.00. The Morgan fingerprint density at radius 2 is 1.45 bits per heavy atom. The van der Waals surface area contributed by atoms with E-state index in [9.17, 15) is 9.59 Å². The standard InChI is InChI=1S/C22H29NO2.C14H14O3/c1-5-21(24)25-22(18(2)17-23(3)4,20-14-10-7-11-15-20)16-19-12-8-6-9-13-19;1-9(14(15)16)10-3-4-12-8-13(17-2)6-5-11(12)7-10/h6-15,18H,5,16-17H2,1-4H3;3-9H,1-2H3,(H,15,16). The van der Waals surface area contributed by atoms with E-state index in [2.05, 4.69) is 50.2 Å². The van der Waals surface area contributed by atoms with Crippen molar-refractivity contribution in [3.05, 3.63) is 114 Å². The molecule has 0 aliphatic rings. The summed E-state index contributed by atoms with van der Waals surface area (Å²) in [6, 6.07) is 31.8. The van der Waals surface area contributed by atoms with Gasteiger partial charge in [-0.05, 0) is 60.6 Å². The van der Waals surface area contributed by atoms with Crippen LogP contribution in [0.5, 0.6) is 5.75 Å². The minimum absolute atomic E-state index is 0.139. The summed E-state index contributed by atoms with van der Waals surface area (Å²) < 4.78 is 11.3. The summed E-state index contributed by atoms with van der Waals surface area (Å²) in [6.07, 6.45) is 1.04. The molecule has 0 saturated carbocycles. The van der Waals surface area contributed by atoms with E-state index in [1.165, 1.54) is 5.56 Å². The van der Waals surface area contributed by atoms with Crippen LogP contribution in [0.1, 0.15) is 49.8 Å². The van der Waals surface area contributed by atoms with E-state index in [1.807, 2.05) is 79.7 Å². The maximum Gasteiger partial charge on any atom is 0.310 e. The third kappa shape index (κ3) is 8.43. The number of carboxylic acid groups (broad SMARTS) is 1. The van der Waals surface area contributed by atoms with E-state index in [0.717, 1.165) is 34.2 Å². The molecule has 1 N–H and O–H groups in total. The largest absolute Gasteiger partial charge is 0.497 e. The predicted molar refractivity (Wildman–Crippen MR) is 169 cm³/mol. The number of rotatable bonds is 11. The summed E-state index contributed by atoms with van der Waals surface area (Å²) in [4.78, 5) is 25.4. The Morgan fingerprint density at radius 3 is 2.02 bits per heavy atom. The lowest BCUT2D eigenvalue weighted by molar-refractivity contribution is -0.168. The van der Waals surface area contributed by atoms with Gasteiger partial charge in [0.15, 0.2) is 0 Å². The molecule has 0 radical (unpaired) electrons. The second kappa shape index (κ2) is 15.2. The summed E-state index contributed by atoms with van der Waals surface area (Å²) in [5.74, 6) is -0.512. The molecule has 0 heterocycles. The van der Waals surface area contributed by atoms with Gasteiger partial charge in [-0.1, -0.05) is 98.8 Å². The van der Waals surface area contributed by atoms with E-state index in [-0.39, 0.29) is 11.9 Å². The van der Waals surface area contributed by atoms with Crippen LogP contribution >= 0.6 is 0 Å². The smallest absolute Gasteiger partial charge is 0.310 e. The van der Waals surface area contributed by atoms with E-state index in [1.54, 1.807) is 14.0 Å². The first kappa shape index (κ1) is 32.4. The summed E-state index contributed by atoms with van der Waals surface area (Å²) in [5.41, 5.74) is 2.35. The van der Waals surface area contributed by atoms with Gasteiger partial charge in [-0.2, -0.15) is 0 Å². The monoisotopic (exact) mass is 569 g/mol. The number of esters is 1. The normalized spacial score (nSPS) is 13.8. The number of nitrogens with zero attached hydrogens (tertiary/aromatic N) is 1. The molecule has 3 unspecified atom stereocenters. The van der Waals surface area contributed by atoms with Crippen molar-refractivity contribution in [3.8, 4) is 5.75 Å². The van der Waals surface area contributed by atoms with E-state index < -0.39 is 17.5 Å². The van der Waals surface area contributed by atoms with E-state index in [0.29, 0.717) is 12.8 Å². The van der Waals surface area contributed by atoms with Gasteiger partial charge in [-0.15, -0.1) is 0 Å². The van der Waals surface area contributed by atoms with Crippen molar-refractivity contribution in [1.29, 1.82) is 0 Å². The van der Waals surface area contributed by atoms with Crippen LogP contribution in [0.15, 0.2) is 97.1 Å². The lowest BCUT2D eigenvalue weighted by Gasteiger charge is -2.40. The lowest BCUT2D eigenvalue weighted by atomic mass is 9.77. The number of benzene rings is 4. The van der Waals surface area contributed by atoms with Crippen molar-refractivity contribution in [2.75, 3.05) is 27.7 Å². The highest BCUT2D eigenvalue weighted by molar-refractivity contribution is 5.86. The van der Waals surface area contributed by atoms with Crippen LogP contribution in [0, 0.1) is 5.92 Å². The molecule has 4 rings (SSSR count). The molecule has 6 nitrogen and oxygen atoms in total.